The van der Waals surface area contributed by atoms with Crippen LogP contribution < -0.4 is 16.0 Å². The molecule has 160 valence electrons. The third-order valence-corrected chi connectivity index (χ3v) is 5.08. The van der Waals surface area contributed by atoms with E-state index in [4.69, 9.17) is 5.73 Å². The molecule has 1 amide bonds. The van der Waals surface area contributed by atoms with Crippen molar-refractivity contribution in [2.45, 2.75) is 13.0 Å². The molecule has 1 unspecified atom stereocenters. The van der Waals surface area contributed by atoms with Crippen LogP contribution in [-0.2, 0) is 0 Å². The third-order valence-electron chi connectivity index (χ3n) is 5.08. The van der Waals surface area contributed by atoms with Crippen LogP contribution in [0.3, 0.4) is 0 Å². The number of nitrogens with one attached hydrogen (secondary N) is 1. The van der Waals surface area contributed by atoms with Crippen LogP contribution >= 0.6 is 24.8 Å². The molecule has 0 bridgehead atoms. The number of piperazine rings is 1. The highest BCUT2D eigenvalue weighted by Gasteiger charge is 2.19. The highest BCUT2D eigenvalue weighted by atomic mass is 35.5. The molecule has 29 heavy (non-hydrogen) atoms. The molecule has 5 nitrogen and oxygen atoms in total. The molecule has 0 aromatic heterocycles. The number of amides is 1. The summed E-state index contributed by atoms with van der Waals surface area (Å²) < 4.78 is 14.6. The summed E-state index contributed by atoms with van der Waals surface area (Å²) in [7, 11) is 0. The van der Waals surface area contributed by atoms with Crippen molar-refractivity contribution in [1.29, 1.82) is 0 Å². The van der Waals surface area contributed by atoms with Crippen molar-refractivity contribution in [3.63, 3.8) is 0 Å². The summed E-state index contributed by atoms with van der Waals surface area (Å²) in [6, 6.07) is 14.0. The molecule has 0 aliphatic carbocycles. The second-order valence-electron chi connectivity index (χ2n) is 6.81. The van der Waals surface area contributed by atoms with Gasteiger partial charge in [-0.25, -0.2) is 4.39 Å². The summed E-state index contributed by atoms with van der Waals surface area (Å²) in [5.74, 6) is -0.678. The van der Waals surface area contributed by atoms with Gasteiger partial charge in [0.2, 0.25) is 0 Å². The van der Waals surface area contributed by atoms with Gasteiger partial charge in [-0.1, -0.05) is 37.3 Å². The predicted octanol–water partition coefficient (Wildman–Crippen LogP) is 3.24. The average molecular weight is 443 g/mol. The Morgan fingerprint density at radius 2 is 1.76 bits per heavy atom. The summed E-state index contributed by atoms with van der Waals surface area (Å²) in [4.78, 5) is 16.7. The van der Waals surface area contributed by atoms with Crippen LogP contribution in [0.15, 0.2) is 48.5 Å². The van der Waals surface area contributed by atoms with Gasteiger partial charge in [-0.05, 0) is 30.3 Å². The van der Waals surface area contributed by atoms with Gasteiger partial charge in [0.15, 0.2) is 0 Å². The van der Waals surface area contributed by atoms with Crippen LogP contribution in [-0.4, -0.2) is 50.1 Å². The fraction of sp³-hybridized carbons (Fsp3) is 0.381. The SMILES string of the molecule is CCN1CCN(c2ccc(C(=O)NCC(N)c3ccccc3)cc2F)CC1.Cl.Cl. The average Bonchev–Trinajstić information content (AvgIpc) is 2.72. The molecule has 0 spiro atoms. The first kappa shape index (κ1) is 25.2. The summed E-state index contributed by atoms with van der Waals surface area (Å²) in [5, 5.41) is 2.79. The van der Waals surface area contributed by atoms with Crippen molar-refractivity contribution in [1.82, 2.24) is 10.2 Å². The fourth-order valence-corrected chi connectivity index (χ4v) is 3.33. The van der Waals surface area contributed by atoms with Crippen molar-refractivity contribution in [2.24, 2.45) is 5.73 Å². The molecule has 1 atom stereocenters. The number of benzene rings is 2. The summed E-state index contributed by atoms with van der Waals surface area (Å²) in [6.07, 6.45) is 0. The van der Waals surface area contributed by atoms with Crippen LogP contribution in [0, 0.1) is 5.82 Å². The zero-order chi connectivity index (χ0) is 19.2. The Labute approximate surface area is 184 Å². The number of rotatable bonds is 6. The van der Waals surface area contributed by atoms with E-state index in [0.29, 0.717) is 17.8 Å². The predicted molar refractivity (Wildman–Crippen MR) is 121 cm³/mol. The van der Waals surface area contributed by atoms with Crippen LogP contribution in [0.1, 0.15) is 28.9 Å². The Hall–Kier alpha value is -1.86. The van der Waals surface area contributed by atoms with Crippen LogP contribution in [0.25, 0.3) is 0 Å². The first-order chi connectivity index (χ1) is 13.1. The molecule has 1 aliphatic heterocycles. The zero-order valence-corrected chi connectivity index (χ0v) is 18.1. The minimum Gasteiger partial charge on any atom is -0.367 e. The van der Waals surface area contributed by atoms with E-state index in [2.05, 4.69) is 17.1 Å². The molecule has 2 aromatic carbocycles. The van der Waals surface area contributed by atoms with E-state index >= 15 is 0 Å². The van der Waals surface area contributed by atoms with Gasteiger partial charge in [0, 0.05) is 44.3 Å². The third kappa shape index (κ3) is 6.57. The van der Waals surface area contributed by atoms with Gasteiger partial charge >= 0.3 is 0 Å². The van der Waals surface area contributed by atoms with Crippen molar-refractivity contribution in [2.75, 3.05) is 44.2 Å². The van der Waals surface area contributed by atoms with E-state index in [0.717, 1.165) is 38.3 Å². The lowest BCUT2D eigenvalue weighted by Gasteiger charge is -2.35. The molecule has 2 aromatic rings. The summed E-state index contributed by atoms with van der Waals surface area (Å²) in [5.41, 5.74) is 7.91. The van der Waals surface area contributed by atoms with Crippen molar-refractivity contribution in [3.8, 4) is 0 Å². The molecule has 1 fully saturated rings. The molecule has 8 heteroatoms. The number of nitrogens with two attached hydrogens (primary N) is 1. The summed E-state index contributed by atoms with van der Waals surface area (Å²) >= 11 is 0. The Morgan fingerprint density at radius 1 is 1.10 bits per heavy atom. The number of halogens is 3. The number of nitrogens with zero attached hydrogens (tertiary/aromatic N) is 2. The maximum atomic E-state index is 14.6. The number of hydrogen-bond acceptors (Lipinski definition) is 4. The van der Waals surface area contributed by atoms with Crippen LogP contribution in [0.4, 0.5) is 10.1 Å². The molecule has 3 N–H and O–H groups in total. The largest absolute Gasteiger partial charge is 0.367 e. The van der Waals surface area contributed by atoms with Crippen molar-refractivity contribution in [3.05, 3.63) is 65.5 Å². The normalized spacial score (nSPS) is 15.1. The number of anilines is 1. The highest BCUT2D eigenvalue weighted by molar-refractivity contribution is 5.94. The van der Waals surface area contributed by atoms with E-state index in [9.17, 15) is 9.18 Å². The zero-order valence-electron chi connectivity index (χ0n) is 16.5. The smallest absolute Gasteiger partial charge is 0.251 e. The van der Waals surface area contributed by atoms with E-state index in [1.807, 2.05) is 35.2 Å². The summed E-state index contributed by atoms with van der Waals surface area (Å²) in [6.45, 7) is 6.88. The minimum atomic E-state index is -0.361. The van der Waals surface area contributed by atoms with Gasteiger partial charge in [0.05, 0.1) is 5.69 Å². The standard InChI is InChI=1S/C21H27FN4O.2ClH/c1-2-25-10-12-26(13-11-25)20-9-8-17(14-18(20)22)21(27)24-15-19(23)16-6-4-3-5-7-16;;/h3-9,14,19H,2,10-13,15,23H2,1H3,(H,24,27);2*1H. The molecule has 0 radical (unpaired) electrons. The Balaban J connectivity index is 0.00000210. The quantitative estimate of drug-likeness (QED) is 0.720. The van der Waals surface area contributed by atoms with Gasteiger partial charge in [0.1, 0.15) is 5.82 Å². The lowest BCUT2D eigenvalue weighted by Crippen LogP contribution is -2.46. The van der Waals surface area contributed by atoms with Gasteiger partial charge in [-0.2, -0.15) is 0 Å². The molecule has 1 aliphatic rings. The van der Waals surface area contributed by atoms with E-state index in [1.165, 1.54) is 6.07 Å². The number of likely N-dealkylation sites (N-methyl/N-ethyl adjacent to an activating group) is 1. The van der Waals surface area contributed by atoms with Crippen molar-refractivity contribution < 1.29 is 9.18 Å². The maximum absolute atomic E-state index is 14.6. The van der Waals surface area contributed by atoms with E-state index in [1.54, 1.807) is 12.1 Å². The van der Waals surface area contributed by atoms with Gasteiger partial charge < -0.3 is 20.9 Å². The Bertz CT molecular complexity index is 771. The van der Waals surface area contributed by atoms with E-state index < -0.39 is 0 Å². The minimum absolute atomic E-state index is 0. The topological polar surface area (TPSA) is 61.6 Å². The maximum Gasteiger partial charge on any atom is 0.251 e. The lowest BCUT2D eigenvalue weighted by molar-refractivity contribution is 0.0950. The van der Waals surface area contributed by atoms with Crippen LogP contribution in [0.2, 0.25) is 0 Å². The van der Waals surface area contributed by atoms with Gasteiger partial charge in [-0.15, -0.1) is 24.8 Å². The molecule has 1 saturated heterocycles. The molecule has 1 heterocycles. The number of hydrogen-bond donors (Lipinski definition) is 2. The monoisotopic (exact) mass is 442 g/mol. The highest BCUT2D eigenvalue weighted by Crippen LogP contribution is 2.22. The van der Waals surface area contributed by atoms with Crippen LogP contribution in [0.5, 0.6) is 0 Å². The molecule has 0 saturated carbocycles. The van der Waals surface area contributed by atoms with Gasteiger partial charge in [0.25, 0.3) is 5.91 Å². The first-order valence-electron chi connectivity index (χ1n) is 9.44. The second kappa shape index (κ2) is 12.0. The van der Waals surface area contributed by atoms with Crippen molar-refractivity contribution >= 4 is 36.4 Å². The van der Waals surface area contributed by atoms with Gasteiger partial charge in [-0.3, -0.25) is 4.79 Å². The lowest BCUT2D eigenvalue weighted by atomic mass is 10.1. The molecule has 3 rings (SSSR count). The Morgan fingerprint density at radius 3 is 2.34 bits per heavy atom. The van der Waals surface area contributed by atoms with E-state index in [-0.39, 0.29) is 42.6 Å². The fourth-order valence-electron chi connectivity index (χ4n) is 3.33. The second-order valence-corrected chi connectivity index (χ2v) is 6.81. The Kier molecular flexibility index (Phi) is 10.4. The molecular weight excluding hydrogens is 414 g/mol. The first-order valence-corrected chi connectivity index (χ1v) is 9.44. The number of carbonyl (C=O) groups is 1. The number of carbonyl (C=O) groups excluding carboxylic acids is 1. The molecular formula is C21H29Cl2FN4O.